The monoisotopic (exact) mass is 377 g/mol. The van der Waals surface area contributed by atoms with Gasteiger partial charge < -0.3 is 10.6 Å². The molecule has 5 nitrogen and oxygen atoms in total. The normalized spacial score (nSPS) is 17.8. The second kappa shape index (κ2) is 7.66. The van der Waals surface area contributed by atoms with Crippen LogP contribution in [0.4, 0.5) is 5.13 Å². The molecule has 0 saturated carbocycles. The summed E-state index contributed by atoms with van der Waals surface area (Å²) in [5.74, 6) is 0.235. The molecule has 0 bridgehead atoms. The number of amides is 2. The number of carbonyl (C=O) groups excluding carboxylic acids is 2. The first-order valence-corrected chi connectivity index (χ1v) is 10.3. The van der Waals surface area contributed by atoms with Gasteiger partial charge in [-0.15, -0.1) is 22.7 Å². The summed E-state index contributed by atoms with van der Waals surface area (Å²) in [6, 6.07) is 2.99. The van der Waals surface area contributed by atoms with Gasteiger partial charge in [-0.05, 0) is 42.5 Å². The largest absolute Gasteiger partial charge is 0.339 e. The molecule has 2 atom stereocenters. The number of hydrogen-bond donors (Lipinski definition) is 2. The van der Waals surface area contributed by atoms with Crippen LogP contribution < -0.4 is 10.6 Å². The number of aryl methyl sites for hydroxylation is 1. The smallest absolute Gasteiger partial charge is 0.262 e. The van der Waals surface area contributed by atoms with Gasteiger partial charge in [0.2, 0.25) is 5.91 Å². The predicted molar refractivity (Wildman–Crippen MR) is 102 cm³/mol. The summed E-state index contributed by atoms with van der Waals surface area (Å²) < 4.78 is 0. The molecule has 2 unspecified atom stereocenters. The van der Waals surface area contributed by atoms with Crippen LogP contribution in [0.2, 0.25) is 0 Å². The Labute approximate surface area is 155 Å². The van der Waals surface area contributed by atoms with Crippen LogP contribution in [-0.2, 0) is 17.6 Å². The topological polar surface area (TPSA) is 71.1 Å². The van der Waals surface area contributed by atoms with Crippen LogP contribution in [0, 0.1) is 11.8 Å². The molecule has 1 aliphatic rings. The number of aromatic nitrogens is 1. The second-order valence-corrected chi connectivity index (χ2v) is 8.93. The number of nitrogens with one attached hydrogen (secondary N) is 2. The van der Waals surface area contributed by atoms with Crippen LogP contribution in [0.3, 0.4) is 0 Å². The zero-order chi connectivity index (χ0) is 18.0. The molecule has 0 radical (unpaired) electrons. The Morgan fingerprint density at radius 2 is 2.16 bits per heavy atom. The maximum Gasteiger partial charge on any atom is 0.262 e. The van der Waals surface area contributed by atoms with Crippen molar-refractivity contribution >= 4 is 39.6 Å². The van der Waals surface area contributed by atoms with Gasteiger partial charge in [-0.1, -0.05) is 26.8 Å². The van der Waals surface area contributed by atoms with Crippen LogP contribution in [0.1, 0.15) is 47.4 Å². The second-order valence-electron chi connectivity index (χ2n) is 6.90. The van der Waals surface area contributed by atoms with E-state index < -0.39 is 6.04 Å². The Balaban J connectivity index is 1.68. The minimum absolute atomic E-state index is 0.0153. The maximum absolute atomic E-state index is 12.7. The van der Waals surface area contributed by atoms with Gasteiger partial charge >= 0.3 is 0 Å². The van der Waals surface area contributed by atoms with E-state index in [1.54, 1.807) is 17.4 Å². The van der Waals surface area contributed by atoms with E-state index in [1.807, 2.05) is 25.3 Å². The lowest BCUT2D eigenvalue weighted by atomic mass is 9.93. The van der Waals surface area contributed by atoms with Crippen molar-refractivity contribution < 1.29 is 9.59 Å². The lowest BCUT2D eigenvalue weighted by molar-refractivity contribution is -0.118. The van der Waals surface area contributed by atoms with Crippen molar-refractivity contribution in [3.8, 4) is 0 Å². The van der Waals surface area contributed by atoms with Crippen LogP contribution >= 0.6 is 22.7 Å². The zero-order valence-electron chi connectivity index (χ0n) is 14.7. The summed E-state index contributed by atoms with van der Waals surface area (Å²) in [5, 5.41) is 8.23. The van der Waals surface area contributed by atoms with Gasteiger partial charge in [-0.3, -0.25) is 9.59 Å². The van der Waals surface area contributed by atoms with Crippen molar-refractivity contribution in [2.75, 3.05) is 5.32 Å². The molecule has 0 spiro atoms. The molecular formula is C18H23N3O2S2. The number of rotatable bonds is 5. The molecule has 2 heterocycles. The summed E-state index contributed by atoms with van der Waals surface area (Å²) in [7, 11) is 0. The van der Waals surface area contributed by atoms with Crippen LogP contribution in [0.15, 0.2) is 17.5 Å². The standard InChI is InChI=1S/C18H23N3O2S2/c1-10(2)15(20-16(22)13-5-4-8-24-13)17(23)21-18-19-12-7-6-11(3)9-14(12)25-18/h4-5,8,10-11,15H,6-7,9H2,1-3H3,(H,20,22)(H,19,21,23). The Kier molecular flexibility index (Phi) is 5.54. The third-order valence-electron chi connectivity index (χ3n) is 4.40. The number of hydrogen-bond acceptors (Lipinski definition) is 5. The molecule has 0 saturated heterocycles. The average Bonchev–Trinajstić information content (AvgIpc) is 3.20. The molecule has 7 heteroatoms. The Morgan fingerprint density at radius 3 is 2.84 bits per heavy atom. The van der Waals surface area contributed by atoms with Crippen molar-refractivity contribution in [3.63, 3.8) is 0 Å². The highest BCUT2D eigenvalue weighted by molar-refractivity contribution is 7.15. The summed E-state index contributed by atoms with van der Waals surface area (Å²) in [6.45, 7) is 6.09. The first kappa shape index (κ1) is 18.1. The quantitative estimate of drug-likeness (QED) is 0.834. The van der Waals surface area contributed by atoms with Gasteiger partial charge in [-0.25, -0.2) is 4.98 Å². The molecule has 0 fully saturated rings. The van der Waals surface area contributed by atoms with E-state index in [4.69, 9.17) is 0 Å². The van der Waals surface area contributed by atoms with Crippen molar-refractivity contribution in [2.24, 2.45) is 11.8 Å². The molecule has 0 aromatic carbocycles. The number of thiazole rings is 1. The molecule has 1 aliphatic carbocycles. The Hall–Kier alpha value is -1.73. The average molecular weight is 378 g/mol. The van der Waals surface area contributed by atoms with E-state index in [0.717, 1.165) is 25.0 Å². The number of nitrogens with zero attached hydrogens (tertiary/aromatic N) is 1. The molecule has 25 heavy (non-hydrogen) atoms. The molecule has 134 valence electrons. The number of carbonyl (C=O) groups is 2. The van der Waals surface area contributed by atoms with Crippen molar-refractivity contribution in [2.45, 2.75) is 46.1 Å². The molecular weight excluding hydrogens is 354 g/mol. The third-order valence-corrected chi connectivity index (χ3v) is 6.30. The molecule has 2 amide bonds. The Morgan fingerprint density at radius 1 is 1.36 bits per heavy atom. The van der Waals surface area contributed by atoms with Crippen LogP contribution in [0.5, 0.6) is 0 Å². The van der Waals surface area contributed by atoms with Gasteiger partial charge in [0.1, 0.15) is 6.04 Å². The number of fused-ring (bicyclic) bond motifs is 1. The minimum atomic E-state index is -0.588. The van der Waals surface area contributed by atoms with Crippen LogP contribution in [0.25, 0.3) is 0 Å². The van der Waals surface area contributed by atoms with Crippen LogP contribution in [-0.4, -0.2) is 22.8 Å². The van der Waals surface area contributed by atoms with Gasteiger partial charge in [0, 0.05) is 4.88 Å². The van der Waals surface area contributed by atoms with Gasteiger partial charge in [0.15, 0.2) is 5.13 Å². The van der Waals surface area contributed by atoms with E-state index >= 15 is 0 Å². The predicted octanol–water partition coefficient (Wildman–Crippen LogP) is 3.72. The van der Waals surface area contributed by atoms with E-state index in [-0.39, 0.29) is 17.7 Å². The van der Waals surface area contributed by atoms with Crippen molar-refractivity contribution in [1.82, 2.24) is 10.3 Å². The summed E-state index contributed by atoms with van der Waals surface area (Å²) in [6.07, 6.45) is 3.16. The molecule has 2 N–H and O–H groups in total. The van der Waals surface area contributed by atoms with Gasteiger partial charge in [0.05, 0.1) is 10.6 Å². The fourth-order valence-corrected chi connectivity index (χ4v) is 4.73. The zero-order valence-corrected chi connectivity index (χ0v) is 16.3. The van der Waals surface area contributed by atoms with E-state index in [9.17, 15) is 9.59 Å². The molecule has 0 aliphatic heterocycles. The molecule has 3 rings (SSSR count). The number of anilines is 1. The highest BCUT2D eigenvalue weighted by atomic mass is 32.1. The van der Waals surface area contributed by atoms with Crippen molar-refractivity contribution in [1.29, 1.82) is 0 Å². The lowest BCUT2D eigenvalue weighted by Crippen LogP contribution is -2.46. The lowest BCUT2D eigenvalue weighted by Gasteiger charge is -2.20. The van der Waals surface area contributed by atoms with E-state index in [1.165, 1.54) is 16.2 Å². The maximum atomic E-state index is 12.7. The highest BCUT2D eigenvalue weighted by Gasteiger charge is 2.27. The fourth-order valence-electron chi connectivity index (χ4n) is 2.93. The minimum Gasteiger partial charge on any atom is -0.339 e. The summed E-state index contributed by atoms with van der Waals surface area (Å²) >= 11 is 2.92. The first-order valence-electron chi connectivity index (χ1n) is 8.58. The summed E-state index contributed by atoms with van der Waals surface area (Å²) in [5.41, 5.74) is 1.11. The Bertz CT molecular complexity index is 752. The summed E-state index contributed by atoms with van der Waals surface area (Å²) in [4.78, 5) is 31.4. The first-order chi connectivity index (χ1) is 11.9. The van der Waals surface area contributed by atoms with Gasteiger partial charge in [0.25, 0.3) is 5.91 Å². The third kappa shape index (κ3) is 4.27. The van der Waals surface area contributed by atoms with E-state index in [0.29, 0.717) is 15.9 Å². The van der Waals surface area contributed by atoms with E-state index in [2.05, 4.69) is 22.5 Å². The number of thiophene rings is 1. The highest BCUT2D eigenvalue weighted by Crippen LogP contribution is 2.32. The van der Waals surface area contributed by atoms with Gasteiger partial charge in [-0.2, -0.15) is 0 Å². The molecule has 2 aromatic rings. The van der Waals surface area contributed by atoms with Crippen molar-refractivity contribution in [3.05, 3.63) is 33.0 Å². The fraction of sp³-hybridized carbons (Fsp3) is 0.500. The molecule has 2 aromatic heterocycles. The SMILES string of the molecule is CC1CCc2nc(NC(=O)C(NC(=O)c3cccs3)C(C)C)sc2C1.